The molecule has 2 nitrogen and oxygen atoms in total. The highest BCUT2D eigenvalue weighted by Crippen LogP contribution is 2.08. The quantitative estimate of drug-likeness (QED) is 0.200. The molecule has 0 N–H and O–H groups in total. The van der Waals surface area contributed by atoms with Crippen LogP contribution in [0, 0.1) is 0 Å². The lowest BCUT2D eigenvalue weighted by Gasteiger charge is -2.01. The first-order valence-electron chi connectivity index (χ1n) is 9.28. The van der Waals surface area contributed by atoms with E-state index in [1.807, 2.05) is 6.92 Å². The standard InChI is InChI=1S/C20H36O2/c1-3-5-6-7-8-9-10-11-12-13-14-15-16-17-18-19-20(21)22-4-2/h9-12H,3-8,13-19H2,1-2H3/b10-9-,12-11-. The topological polar surface area (TPSA) is 26.3 Å². The van der Waals surface area contributed by atoms with Gasteiger partial charge in [-0.25, -0.2) is 0 Å². The first-order chi connectivity index (χ1) is 10.8. The van der Waals surface area contributed by atoms with Gasteiger partial charge in [-0.05, 0) is 39.0 Å². The van der Waals surface area contributed by atoms with Crippen molar-refractivity contribution in [3.8, 4) is 0 Å². The van der Waals surface area contributed by atoms with Crippen LogP contribution in [0.15, 0.2) is 24.3 Å². The highest BCUT2D eigenvalue weighted by molar-refractivity contribution is 5.69. The van der Waals surface area contributed by atoms with E-state index in [1.54, 1.807) is 0 Å². The number of carbonyl (C=O) groups excluding carboxylic acids is 1. The van der Waals surface area contributed by atoms with Gasteiger partial charge in [0.25, 0.3) is 0 Å². The molecule has 0 aliphatic carbocycles. The van der Waals surface area contributed by atoms with Crippen molar-refractivity contribution in [1.82, 2.24) is 0 Å². The van der Waals surface area contributed by atoms with Crippen LogP contribution in [0.3, 0.4) is 0 Å². The summed E-state index contributed by atoms with van der Waals surface area (Å²) in [6.07, 6.45) is 23.1. The summed E-state index contributed by atoms with van der Waals surface area (Å²) in [6, 6.07) is 0. The Kier molecular flexibility index (Phi) is 17.1. The number of hydrogen-bond acceptors (Lipinski definition) is 2. The number of rotatable bonds is 15. The monoisotopic (exact) mass is 308 g/mol. The molecular formula is C20H36O2. The lowest BCUT2D eigenvalue weighted by atomic mass is 10.1. The minimum Gasteiger partial charge on any atom is -0.466 e. The van der Waals surface area contributed by atoms with Gasteiger partial charge in [0.05, 0.1) is 6.61 Å². The van der Waals surface area contributed by atoms with E-state index in [4.69, 9.17) is 4.74 Å². The van der Waals surface area contributed by atoms with Crippen molar-refractivity contribution in [2.45, 2.75) is 90.9 Å². The second kappa shape index (κ2) is 18.0. The Labute approximate surface area is 138 Å². The SMILES string of the molecule is CCCCCC/C=C\C=C/CCCCCCCC(=O)OCC. The van der Waals surface area contributed by atoms with Crippen LogP contribution < -0.4 is 0 Å². The zero-order valence-electron chi connectivity index (χ0n) is 14.8. The number of ether oxygens (including phenoxy) is 1. The van der Waals surface area contributed by atoms with Crippen LogP contribution >= 0.6 is 0 Å². The average molecular weight is 309 g/mol. The van der Waals surface area contributed by atoms with Crippen LogP contribution in [0.2, 0.25) is 0 Å². The number of allylic oxidation sites excluding steroid dienone is 4. The Morgan fingerprint density at radius 3 is 1.91 bits per heavy atom. The van der Waals surface area contributed by atoms with Crippen molar-refractivity contribution in [3.05, 3.63) is 24.3 Å². The van der Waals surface area contributed by atoms with Gasteiger partial charge in [0.1, 0.15) is 0 Å². The summed E-state index contributed by atoms with van der Waals surface area (Å²) in [5.41, 5.74) is 0. The maximum atomic E-state index is 11.1. The maximum absolute atomic E-state index is 11.1. The molecule has 0 radical (unpaired) electrons. The summed E-state index contributed by atoms with van der Waals surface area (Å²) in [5.74, 6) is -0.0492. The van der Waals surface area contributed by atoms with E-state index in [1.165, 1.54) is 51.4 Å². The first-order valence-corrected chi connectivity index (χ1v) is 9.28. The number of hydrogen-bond donors (Lipinski definition) is 0. The summed E-state index contributed by atoms with van der Waals surface area (Å²) < 4.78 is 4.91. The van der Waals surface area contributed by atoms with Gasteiger partial charge in [-0.2, -0.15) is 0 Å². The van der Waals surface area contributed by atoms with Gasteiger partial charge >= 0.3 is 5.97 Å². The highest BCUT2D eigenvalue weighted by Gasteiger charge is 2.00. The normalized spacial score (nSPS) is 11.5. The Bertz CT molecular complexity index is 292. The zero-order chi connectivity index (χ0) is 16.3. The number of unbranched alkanes of at least 4 members (excludes halogenated alkanes) is 9. The second-order valence-electron chi connectivity index (χ2n) is 5.82. The third kappa shape index (κ3) is 17.0. The smallest absolute Gasteiger partial charge is 0.305 e. The predicted octanol–water partition coefficient (Wildman–Crippen LogP) is 6.36. The summed E-state index contributed by atoms with van der Waals surface area (Å²) >= 11 is 0. The molecule has 0 amide bonds. The summed E-state index contributed by atoms with van der Waals surface area (Å²) in [5, 5.41) is 0. The molecule has 128 valence electrons. The minimum absolute atomic E-state index is 0.0492. The Balaban J connectivity index is 3.23. The lowest BCUT2D eigenvalue weighted by molar-refractivity contribution is -0.143. The average Bonchev–Trinajstić information content (AvgIpc) is 2.51. The zero-order valence-corrected chi connectivity index (χ0v) is 14.8. The molecule has 0 fully saturated rings. The lowest BCUT2D eigenvalue weighted by Crippen LogP contribution is -2.03. The molecule has 0 heterocycles. The summed E-state index contributed by atoms with van der Waals surface area (Å²) in [4.78, 5) is 11.1. The Hall–Kier alpha value is -1.05. The largest absolute Gasteiger partial charge is 0.466 e. The van der Waals surface area contributed by atoms with Crippen molar-refractivity contribution in [3.63, 3.8) is 0 Å². The molecule has 0 saturated carbocycles. The second-order valence-corrected chi connectivity index (χ2v) is 5.82. The molecule has 0 aromatic rings. The van der Waals surface area contributed by atoms with Crippen LogP contribution in [0.25, 0.3) is 0 Å². The van der Waals surface area contributed by atoms with Crippen LogP contribution in [0.5, 0.6) is 0 Å². The molecule has 0 atom stereocenters. The van der Waals surface area contributed by atoms with Crippen molar-refractivity contribution < 1.29 is 9.53 Å². The van der Waals surface area contributed by atoms with E-state index in [0.717, 1.165) is 19.3 Å². The molecule has 0 aliphatic rings. The van der Waals surface area contributed by atoms with Gasteiger partial charge in [0, 0.05) is 6.42 Å². The Morgan fingerprint density at radius 1 is 0.773 bits per heavy atom. The molecular weight excluding hydrogens is 272 g/mol. The first kappa shape index (κ1) is 20.9. The summed E-state index contributed by atoms with van der Waals surface area (Å²) in [6.45, 7) is 4.60. The van der Waals surface area contributed by atoms with E-state index >= 15 is 0 Å². The van der Waals surface area contributed by atoms with Crippen molar-refractivity contribution in [2.75, 3.05) is 6.61 Å². The van der Waals surface area contributed by atoms with Gasteiger partial charge in [0.15, 0.2) is 0 Å². The third-order valence-corrected chi connectivity index (χ3v) is 3.66. The Morgan fingerprint density at radius 2 is 1.32 bits per heavy atom. The third-order valence-electron chi connectivity index (χ3n) is 3.66. The fourth-order valence-corrected chi connectivity index (χ4v) is 2.33. The van der Waals surface area contributed by atoms with Gasteiger partial charge in [-0.15, -0.1) is 0 Å². The van der Waals surface area contributed by atoms with Crippen LogP contribution in [0.1, 0.15) is 90.9 Å². The van der Waals surface area contributed by atoms with Gasteiger partial charge < -0.3 is 4.74 Å². The minimum atomic E-state index is -0.0492. The maximum Gasteiger partial charge on any atom is 0.305 e. The van der Waals surface area contributed by atoms with Crippen LogP contribution in [-0.2, 0) is 9.53 Å². The van der Waals surface area contributed by atoms with Gasteiger partial charge in [-0.1, -0.05) is 69.8 Å². The predicted molar refractivity (Wildman–Crippen MR) is 96.0 cm³/mol. The molecule has 0 bridgehead atoms. The molecule has 0 saturated heterocycles. The fourth-order valence-electron chi connectivity index (χ4n) is 2.33. The molecule has 0 aromatic carbocycles. The number of esters is 1. The van der Waals surface area contributed by atoms with Gasteiger partial charge in [0.2, 0.25) is 0 Å². The fraction of sp³-hybridized carbons (Fsp3) is 0.750. The van der Waals surface area contributed by atoms with Crippen LogP contribution in [0.4, 0.5) is 0 Å². The molecule has 0 spiro atoms. The number of carbonyl (C=O) groups is 1. The van der Waals surface area contributed by atoms with Crippen molar-refractivity contribution in [1.29, 1.82) is 0 Å². The van der Waals surface area contributed by atoms with E-state index in [2.05, 4.69) is 31.2 Å². The van der Waals surface area contributed by atoms with E-state index in [0.29, 0.717) is 13.0 Å². The molecule has 0 unspecified atom stereocenters. The molecule has 22 heavy (non-hydrogen) atoms. The molecule has 0 aliphatic heterocycles. The summed E-state index contributed by atoms with van der Waals surface area (Å²) in [7, 11) is 0. The van der Waals surface area contributed by atoms with E-state index in [9.17, 15) is 4.79 Å². The molecule has 2 heteroatoms. The molecule has 0 aromatic heterocycles. The van der Waals surface area contributed by atoms with Gasteiger partial charge in [-0.3, -0.25) is 4.79 Å². The van der Waals surface area contributed by atoms with Crippen molar-refractivity contribution in [2.24, 2.45) is 0 Å². The molecule has 0 rings (SSSR count). The van der Waals surface area contributed by atoms with Crippen molar-refractivity contribution >= 4 is 5.97 Å². The van der Waals surface area contributed by atoms with Crippen LogP contribution in [-0.4, -0.2) is 12.6 Å². The highest BCUT2D eigenvalue weighted by atomic mass is 16.5. The van der Waals surface area contributed by atoms with E-state index in [-0.39, 0.29) is 5.97 Å². The van der Waals surface area contributed by atoms with E-state index < -0.39 is 0 Å².